The number of carbonyl (C=O) groups excluding carboxylic acids is 1. The van der Waals surface area contributed by atoms with Gasteiger partial charge in [-0.3, -0.25) is 4.79 Å². The standard InChI is InChI=1S/C17H15ClFNO3S/c18-11-2-4-14(13(19)8-11)20-17(21)10-24-12-3-5-15-16(9-12)23-7-1-6-22-15/h2-5,8-9H,1,6-7,10H2,(H,20,21). The molecule has 0 spiro atoms. The quantitative estimate of drug-likeness (QED) is 0.815. The van der Waals surface area contributed by atoms with Crippen LogP contribution in [-0.2, 0) is 4.79 Å². The summed E-state index contributed by atoms with van der Waals surface area (Å²) in [5, 5.41) is 2.81. The summed E-state index contributed by atoms with van der Waals surface area (Å²) in [6.45, 7) is 1.24. The van der Waals surface area contributed by atoms with Crippen molar-refractivity contribution in [2.75, 3.05) is 24.3 Å². The molecule has 0 unspecified atom stereocenters. The molecule has 4 nitrogen and oxygen atoms in total. The third-order valence-electron chi connectivity index (χ3n) is 3.29. The first kappa shape index (κ1) is 16.9. The molecule has 0 saturated carbocycles. The lowest BCUT2D eigenvalue weighted by atomic mass is 10.3. The number of hydrogen-bond donors (Lipinski definition) is 1. The SMILES string of the molecule is O=C(CSc1ccc2c(c1)OCCCO2)Nc1ccc(Cl)cc1F. The lowest BCUT2D eigenvalue weighted by molar-refractivity contribution is -0.113. The van der Waals surface area contributed by atoms with Crippen LogP contribution in [0.25, 0.3) is 0 Å². The van der Waals surface area contributed by atoms with Gasteiger partial charge in [0, 0.05) is 16.3 Å². The molecular formula is C17H15ClFNO3S. The highest BCUT2D eigenvalue weighted by molar-refractivity contribution is 8.00. The van der Waals surface area contributed by atoms with Crippen molar-refractivity contribution in [3.8, 4) is 11.5 Å². The van der Waals surface area contributed by atoms with Crippen LogP contribution in [0, 0.1) is 5.82 Å². The maximum Gasteiger partial charge on any atom is 0.234 e. The Labute approximate surface area is 148 Å². The van der Waals surface area contributed by atoms with Gasteiger partial charge in [-0.15, -0.1) is 11.8 Å². The van der Waals surface area contributed by atoms with E-state index in [1.54, 1.807) is 0 Å². The van der Waals surface area contributed by atoms with Crippen molar-refractivity contribution in [1.82, 2.24) is 0 Å². The maximum absolute atomic E-state index is 13.7. The average Bonchev–Trinajstić information content (AvgIpc) is 2.80. The Kier molecular flexibility index (Phi) is 5.48. The number of ether oxygens (including phenoxy) is 2. The molecule has 126 valence electrons. The van der Waals surface area contributed by atoms with Crippen LogP contribution in [0.1, 0.15) is 6.42 Å². The highest BCUT2D eigenvalue weighted by Gasteiger charge is 2.12. The summed E-state index contributed by atoms with van der Waals surface area (Å²) in [6.07, 6.45) is 0.840. The van der Waals surface area contributed by atoms with Gasteiger partial charge in [0.2, 0.25) is 5.91 Å². The van der Waals surface area contributed by atoms with Crippen LogP contribution in [-0.4, -0.2) is 24.9 Å². The highest BCUT2D eigenvalue weighted by atomic mass is 35.5. The average molecular weight is 368 g/mol. The topological polar surface area (TPSA) is 47.6 Å². The van der Waals surface area contributed by atoms with E-state index in [0.717, 1.165) is 17.4 Å². The number of fused-ring (bicyclic) bond motifs is 1. The second kappa shape index (κ2) is 7.77. The summed E-state index contributed by atoms with van der Waals surface area (Å²) in [5.41, 5.74) is 0.115. The van der Waals surface area contributed by atoms with Crippen molar-refractivity contribution >= 4 is 35.0 Å². The fraction of sp³-hybridized carbons (Fsp3) is 0.235. The van der Waals surface area contributed by atoms with E-state index in [-0.39, 0.29) is 22.4 Å². The Hall–Kier alpha value is -1.92. The van der Waals surface area contributed by atoms with Gasteiger partial charge < -0.3 is 14.8 Å². The molecule has 0 fully saturated rings. The molecule has 1 aliphatic rings. The number of amides is 1. The number of hydrogen-bond acceptors (Lipinski definition) is 4. The van der Waals surface area contributed by atoms with Crippen molar-refractivity contribution < 1.29 is 18.7 Å². The lowest BCUT2D eigenvalue weighted by Gasteiger charge is -2.09. The van der Waals surface area contributed by atoms with E-state index in [2.05, 4.69) is 5.32 Å². The van der Waals surface area contributed by atoms with Crippen molar-refractivity contribution in [2.24, 2.45) is 0 Å². The molecule has 0 radical (unpaired) electrons. The molecule has 1 amide bonds. The Morgan fingerprint density at radius 3 is 2.75 bits per heavy atom. The van der Waals surface area contributed by atoms with Gasteiger partial charge in [-0.2, -0.15) is 0 Å². The van der Waals surface area contributed by atoms with Gasteiger partial charge in [0.15, 0.2) is 11.5 Å². The molecule has 7 heteroatoms. The number of anilines is 1. The van der Waals surface area contributed by atoms with E-state index in [0.29, 0.717) is 24.7 Å². The van der Waals surface area contributed by atoms with E-state index >= 15 is 0 Å². The Morgan fingerprint density at radius 1 is 1.17 bits per heavy atom. The molecule has 1 heterocycles. The number of rotatable bonds is 4. The van der Waals surface area contributed by atoms with Gasteiger partial charge in [0.1, 0.15) is 5.82 Å². The van der Waals surface area contributed by atoms with Crippen molar-refractivity contribution in [1.29, 1.82) is 0 Å². The third kappa shape index (κ3) is 4.33. The molecule has 0 aliphatic carbocycles. The number of halogens is 2. The van der Waals surface area contributed by atoms with Gasteiger partial charge in [-0.25, -0.2) is 4.39 Å². The van der Waals surface area contributed by atoms with Crippen LogP contribution >= 0.6 is 23.4 Å². The van der Waals surface area contributed by atoms with Crippen LogP contribution in [0.3, 0.4) is 0 Å². The molecule has 1 aliphatic heterocycles. The number of nitrogens with one attached hydrogen (secondary N) is 1. The summed E-state index contributed by atoms with van der Waals surface area (Å²) < 4.78 is 24.8. The van der Waals surface area contributed by atoms with Crippen LogP contribution in [0.4, 0.5) is 10.1 Å². The zero-order valence-corrected chi connectivity index (χ0v) is 14.3. The molecule has 2 aromatic carbocycles. The number of carbonyl (C=O) groups is 1. The van der Waals surface area contributed by atoms with Crippen LogP contribution in [0.2, 0.25) is 5.02 Å². The molecule has 0 saturated heterocycles. The zero-order chi connectivity index (χ0) is 16.9. The molecule has 3 rings (SSSR count). The smallest absolute Gasteiger partial charge is 0.234 e. The molecule has 1 N–H and O–H groups in total. The minimum absolute atomic E-state index is 0.115. The molecule has 0 aromatic heterocycles. The van der Waals surface area contributed by atoms with E-state index in [9.17, 15) is 9.18 Å². The fourth-order valence-corrected chi connectivity index (χ4v) is 3.04. The van der Waals surface area contributed by atoms with Gasteiger partial charge >= 0.3 is 0 Å². The molecule has 0 bridgehead atoms. The molecule has 2 aromatic rings. The fourth-order valence-electron chi connectivity index (χ4n) is 2.16. The molecule has 0 atom stereocenters. The molecule has 24 heavy (non-hydrogen) atoms. The first-order valence-corrected chi connectivity index (χ1v) is 8.75. The summed E-state index contributed by atoms with van der Waals surface area (Å²) in [4.78, 5) is 12.9. The second-order valence-electron chi connectivity index (χ2n) is 5.12. The van der Waals surface area contributed by atoms with Crippen LogP contribution in [0.15, 0.2) is 41.3 Å². The highest BCUT2D eigenvalue weighted by Crippen LogP contribution is 2.33. The van der Waals surface area contributed by atoms with Gasteiger partial charge in [0.25, 0.3) is 0 Å². The van der Waals surface area contributed by atoms with E-state index in [1.165, 1.54) is 23.9 Å². The molecular weight excluding hydrogens is 353 g/mol. The normalized spacial score (nSPS) is 13.2. The van der Waals surface area contributed by atoms with Crippen molar-refractivity contribution in [3.63, 3.8) is 0 Å². The predicted molar refractivity (Wildman–Crippen MR) is 92.8 cm³/mol. The summed E-state index contributed by atoms with van der Waals surface area (Å²) in [5.74, 6) is 0.692. The predicted octanol–water partition coefficient (Wildman–Crippen LogP) is 4.37. The largest absolute Gasteiger partial charge is 0.490 e. The monoisotopic (exact) mass is 367 g/mol. The zero-order valence-electron chi connectivity index (χ0n) is 12.7. The maximum atomic E-state index is 13.7. The van der Waals surface area contributed by atoms with Crippen LogP contribution in [0.5, 0.6) is 11.5 Å². The van der Waals surface area contributed by atoms with Crippen molar-refractivity contribution in [2.45, 2.75) is 11.3 Å². The summed E-state index contributed by atoms with van der Waals surface area (Å²) in [7, 11) is 0. The van der Waals surface area contributed by atoms with Gasteiger partial charge in [0.05, 0.1) is 24.7 Å². The van der Waals surface area contributed by atoms with Gasteiger partial charge in [-0.1, -0.05) is 11.6 Å². The van der Waals surface area contributed by atoms with E-state index in [1.807, 2.05) is 18.2 Å². The third-order valence-corrected chi connectivity index (χ3v) is 4.52. The van der Waals surface area contributed by atoms with Crippen LogP contribution < -0.4 is 14.8 Å². The number of thioether (sulfide) groups is 1. The number of benzene rings is 2. The first-order valence-electron chi connectivity index (χ1n) is 7.39. The summed E-state index contributed by atoms with van der Waals surface area (Å²) in [6, 6.07) is 9.68. The lowest BCUT2D eigenvalue weighted by Crippen LogP contribution is -2.15. The van der Waals surface area contributed by atoms with E-state index < -0.39 is 5.82 Å². The summed E-state index contributed by atoms with van der Waals surface area (Å²) >= 11 is 7.03. The minimum Gasteiger partial charge on any atom is -0.490 e. The van der Waals surface area contributed by atoms with Crippen molar-refractivity contribution in [3.05, 3.63) is 47.2 Å². The Balaban J connectivity index is 1.59. The van der Waals surface area contributed by atoms with E-state index in [4.69, 9.17) is 21.1 Å². The minimum atomic E-state index is -0.559. The Bertz CT molecular complexity index is 757. The Morgan fingerprint density at radius 2 is 1.96 bits per heavy atom. The second-order valence-corrected chi connectivity index (χ2v) is 6.61. The van der Waals surface area contributed by atoms with Gasteiger partial charge in [-0.05, 0) is 36.4 Å². The first-order chi connectivity index (χ1) is 11.6.